The van der Waals surface area contributed by atoms with Crippen molar-refractivity contribution < 1.29 is 19.4 Å². The number of carbonyl (C=O) groups excluding carboxylic acids is 2. The van der Waals surface area contributed by atoms with Crippen LogP contribution in [0.25, 0.3) is 0 Å². The molecule has 8 heteroatoms. The summed E-state index contributed by atoms with van der Waals surface area (Å²) in [4.78, 5) is 25.2. The van der Waals surface area contributed by atoms with E-state index in [-0.39, 0.29) is 24.3 Å². The molecule has 2 aromatic carbocycles. The van der Waals surface area contributed by atoms with E-state index in [0.717, 1.165) is 24.8 Å². The molecule has 0 saturated heterocycles. The number of rotatable bonds is 8. The molecule has 0 bridgehead atoms. The zero-order valence-electron chi connectivity index (χ0n) is 18.3. The number of phenolic OH excluding ortho intramolecular Hbond substituents is 1. The van der Waals surface area contributed by atoms with Gasteiger partial charge in [-0.05, 0) is 61.1 Å². The number of ether oxygens (including phenoxy) is 1. The van der Waals surface area contributed by atoms with Crippen molar-refractivity contribution in [2.45, 2.75) is 50.6 Å². The van der Waals surface area contributed by atoms with E-state index in [1.54, 1.807) is 12.1 Å². The maximum Gasteiger partial charge on any atom is 0.407 e. The Kier molecular flexibility index (Phi) is 8.96. The van der Waals surface area contributed by atoms with Crippen molar-refractivity contribution in [3.05, 3.63) is 64.7 Å². The van der Waals surface area contributed by atoms with E-state index in [1.807, 2.05) is 24.3 Å². The lowest BCUT2D eigenvalue weighted by atomic mass is 9.83. The average Bonchev–Trinajstić information content (AvgIpc) is 2.81. The summed E-state index contributed by atoms with van der Waals surface area (Å²) in [5.41, 5.74) is 1.62. The Balaban J connectivity index is 1.49. The fraction of sp³-hybridized carbons (Fsp3) is 0.400. The summed E-state index contributed by atoms with van der Waals surface area (Å²) >= 11 is 5.88. The second kappa shape index (κ2) is 12.1. The Morgan fingerprint density at radius 3 is 2.67 bits per heavy atom. The minimum Gasteiger partial charge on any atom is -0.508 e. The first-order valence-electron chi connectivity index (χ1n) is 11.1. The number of carbonyl (C=O) groups is 2. The van der Waals surface area contributed by atoms with Crippen molar-refractivity contribution in [2.24, 2.45) is 5.92 Å². The average molecular weight is 470 g/mol. The van der Waals surface area contributed by atoms with Crippen LogP contribution in [-0.4, -0.2) is 29.8 Å². The van der Waals surface area contributed by atoms with Gasteiger partial charge in [-0.25, -0.2) is 4.79 Å². The molecule has 1 fully saturated rings. The maximum absolute atomic E-state index is 12.9. The number of halogens is 1. The number of phenols is 1. The van der Waals surface area contributed by atoms with Gasteiger partial charge in [0.05, 0.1) is 18.6 Å². The second-order valence-electron chi connectivity index (χ2n) is 8.17. The molecular formula is C25H28ClN3O4. The fourth-order valence-corrected chi connectivity index (χ4v) is 4.17. The van der Waals surface area contributed by atoms with E-state index in [1.165, 1.54) is 12.1 Å². The van der Waals surface area contributed by atoms with Crippen LogP contribution >= 0.6 is 11.6 Å². The Hall–Kier alpha value is -3.24. The highest BCUT2D eigenvalue weighted by Gasteiger charge is 2.33. The van der Waals surface area contributed by atoms with Gasteiger partial charge in [0.25, 0.3) is 0 Å². The lowest BCUT2D eigenvalue weighted by molar-refractivity contribution is -0.127. The number of nitriles is 1. The van der Waals surface area contributed by atoms with Gasteiger partial charge in [0, 0.05) is 11.1 Å². The Bertz CT molecular complexity index is 990. The highest BCUT2D eigenvalue weighted by Crippen LogP contribution is 2.26. The second-order valence-corrected chi connectivity index (χ2v) is 8.61. The number of amides is 2. The molecule has 0 radical (unpaired) electrons. The van der Waals surface area contributed by atoms with Gasteiger partial charge in [0.1, 0.15) is 11.8 Å². The third-order valence-electron chi connectivity index (χ3n) is 5.78. The number of benzene rings is 2. The first kappa shape index (κ1) is 24.4. The Labute approximate surface area is 198 Å². The highest BCUT2D eigenvalue weighted by molar-refractivity contribution is 6.30. The van der Waals surface area contributed by atoms with Gasteiger partial charge in [-0.15, -0.1) is 0 Å². The zero-order chi connectivity index (χ0) is 23.6. The van der Waals surface area contributed by atoms with Crippen LogP contribution in [0.15, 0.2) is 48.5 Å². The lowest BCUT2D eigenvalue weighted by Gasteiger charge is -2.31. The van der Waals surface area contributed by atoms with E-state index in [2.05, 4.69) is 16.7 Å². The highest BCUT2D eigenvalue weighted by atomic mass is 35.5. The fourth-order valence-electron chi connectivity index (χ4n) is 4.05. The van der Waals surface area contributed by atoms with Crippen LogP contribution < -0.4 is 10.6 Å². The molecule has 0 aromatic heterocycles. The minimum absolute atomic E-state index is 0.0259. The largest absolute Gasteiger partial charge is 0.508 e. The van der Waals surface area contributed by atoms with Crippen LogP contribution in [0.2, 0.25) is 5.02 Å². The third kappa shape index (κ3) is 7.40. The molecule has 2 amide bonds. The molecule has 174 valence electrons. The van der Waals surface area contributed by atoms with Gasteiger partial charge < -0.3 is 20.5 Å². The van der Waals surface area contributed by atoms with Crippen molar-refractivity contribution in [3.8, 4) is 11.8 Å². The van der Waals surface area contributed by atoms with E-state index >= 15 is 0 Å². The molecule has 1 saturated carbocycles. The third-order valence-corrected chi connectivity index (χ3v) is 6.03. The predicted molar refractivity (Wildman–Crippen MR) is 125 cm³/mol. The van der Waals surface area contributed by atoms with Gasteiger partial charge in [-0.1, -0.05) is 48.7 Å². The molecule has 2 aromatic rings. The summed E-state index contributed by atoms with van der Waals surface area (Å²) in [5.74, 6) is -0.718. The minimum atomic E-state index is -0.882. The molecule has 3 rings (SSSR count). The smallest absolute Gasteiger partial charge is 0.407 e. The molecule has 0 aliphatic heterocycles. The summed E-state index contributed by atoms with van der Waals surface area (Å²) in [5, 5.41) is 25.4. The van der Waals surface area contributed by atoms with Crippen LogP contribution in [-0.2, 0) is 16.0 Å². The molecular weight excluding hydrogens is 442 g/mol. The van der Waals surface area contributed by atoms with Crippen LogP contribution in [0, 0.1) is 17.2 Å². The van der Waals surface area contributed by atoms with E-state index < -0.39 is 18.1 Å². The summed E-state index contributed by atoms with van der Waals surface area (Å²) in [6.45, 7) is 0.270. The topological polar surface area (TPSA) is 111 Å². The van der Waals surface area contributed by atoms with Crippen molar-refractivity contribution in [1.29, 1.82) is 5.26 Å². The van der Waals surface area contributed by atoms with Crippen molar-refractivity contribution in [3.63, 3.8) is 0 Å². The van der Waals surface area contributed by atoms with Crippen LogP contribution in [0.1, 0.15) is 49.3 Å². The Morgan fingerprint density at radius 1 is 1.18 bits per heavy atom. The number of hydrogen-bond donors (Lipinski definition) is 3. The molecule has 3 atom stereocenters. The zero-order valence-corrected chi connectivity index (χ0v) is 19.1. The van der Waals surface area contributed by atoms with Crippen molar-refractivity contribution in [2.75, 3.05) is 6.61 Å². The first-order valence-corrected chi connectivity index (χ1v) is 11.5. The van der Waals surface area contributed by atoms with Gasteiger partial charge >= 0.3 is 6.09 Å². The number of nitrogens with zero attached hydrogens (tertiary/aromatic N) is 1. The first-order chi connectivity index (χ1) is 16.0. The number of aryl methyl sites for hydroxylation is 1. The number of nitrogens with one attached hydrogen (secondary N) is 2. The van der Waals surface area contributed by atoms with Crippen LogP contribution in [0.4, 0.5) is 4.79 Å². The quantitative estimate of drug-likeness (QED) is 0.487. The predicted octanol–water partition coefficient (Wildman–Crippen LogP) is 4.64. The summed E-state index contributed by atoms with van der Waals surface area (Å²) in [6, 6.07) is 14.6. The molecule has 7 nitrogen and oxygen atoms in total. The van der Waals surface area contributed by atoms with Crippen LogP contribution in [0.5, 0.6) is 5.75 Å². The molecule has 3 N–H and O–H groups in total. The normalized spacial score (nSPS) is 18.5. The van der Waals surface area contributed by atoms with Gasteiger partial charge in [0.15, 0.2) is 0 Å². The van der Waals surface area contributed by atoms with Crippen LogP contribution in [0.3, 0.4) is 0 Å². The number of hydrogen-bond acceptors (Lipinski definition) is 5. The summed E-state index contributed by atoms with van der Waals surface area (Å²) in [6.07, 6.45) is 3.96. The lowest BCUT2D eigenvalue weighted by Crippen LogP contribution is -2.49. The molecule has 1 unspecified atom stereocenters. The van der Waals surface area contributed by atoms with Gasteiger partial charge in [-0.3, -0.25) is 4.79 Å². The molecule has 1 aliphatic carbocycles. The molecule has 0 heterocycles. The molecule has 0 spiro atoms. The summed E-state index contributed by atoms with van der Waals surface area (Å²) in [7, 11) is 0. The molecule has 1 aliphatic rings. The van der Waals surface area contributed by atoms with Crippen molar-refractivity contribution in [1.82, 2.24) is 10.6 Å². The molecule has 33 heavy (non-hydrogen) atoms. The number of alkyl carbamates (subject to hydrolysis) is 1. The van der Waals surface area contributed by atoms with Crippen molar-refractivity contribution >= 4 is 23.6 Å². The summed E-state index contributed by atoms with van der Waals surface area (Å²) < 4.78 is 5.32. The monoisotopic (exact) mass is 469 g/mol. The van der Waals surface area contributed by atoms with E-state index in [4.69, 9.17) is 16.3 Å². The van der Waals surface area contributed by atoms with Gasteiger partial charge in [-0.2, -0.15) is 5.26 Å². The standard InChI is InChI=1S/C25H28ClN3O4/c26-19-12-10-17(11-13-19)5-4-14-33-25(32)29-22-9-2-1-8-21(22)24(31)28-23(16-27)18-6-3-7-20(30)15-18/h3,6-7,10-13,15,21-23,30H,1-2,4-5,8-9,14H2,(H,28,31)(H,29,32)/t21-,22-,23?/m1/s1. The SMILES string of the molecule is N#CC(NC(=O)[C@@H]1CCCC[C@H]1NC(=O)OCCCc1ccc(Cl)cc1)c1cccc(O)c1. The maximum atomic E-state index is 12.9. The van der Waals surface area contributed by atoms with E-state index in [0.29, 0.717) is 29.8 Å². The number of aromatic hydroxyl groups is 1. The van der Waals surface area contributed by atoms with E-state index in [9.17, 15) is 20.0 Å². The van der Waals surface area contributed by atoms with Gasteiger partial charge in [0.2, 0.25) is 5.91 Å². The Morgan fingerprint density at radius 2 is 1.94 bits per heavy atom.